The van der Waals surface area contributed by atoms with Crippen LogP contribution in [0.25, 0.3) is 0 Å². The van der Waals surface area contributed by atoms with Gasteiger partial charge in [-0.25, -0.2) is 9.59 Å². The molecule has 4 rings (SSSR count). The summed E-state index contributed by atoms with van der Waals surface area (Å²) >= 11 is 0. The fraction of sp³-hybridized carbons (Fsp3) is 0.455. The van der Waals surface area contributed by atoms with Crippen molar-refractivity contribution in [3.8, 4) is 0 Å². The van der Waals surface area contributed by atoms with Gasteiger partial charge in [-0.2, -0.15) is 0 Å². The molecule has 59 heavy (non-hydrogen) atoms. The van der Waals surface area contributed by atoms with E-state index < -0.39 is 24.3 Å². The van der Waals surface area contributed by atoms with Crippen molar-refractivity contribution in [1.82, 2.24) is 20.4 Å². The van der Waals surface area contributed by atoms with Gasteiger partial charge in [0, 0.05) is 43.2 Å². The van der Waals surface area contributed by atoms with Gasteiger partial charge in [0.1, 0.15) is 18.6 Å². The summed E-state index contributed by atoms with van der Waals surface area (Å²) in [7, 11) is 2.45. The minimum atomic E-state index is -0.809. The summed E-state index contributed by atoms with van der Waals surface area (Å²) in [5, 5.41) is 10.8. The molecule has 1 aliphatic rings. The highest BCUT2D eigenvalue weighted by Crippen LogP contribution is 2.24. The van der Waals surface area contributed by atoms with Crippen LogP contribution in [0.15, 0.2) is 78.9 Å². The molecule has 2 unspecified atom stereocenters. The number of carbonyl (C=O) groups is 6. The van der Waals surface area contributed by atoms with Crippen LogP contribution in [0.5, 0.6) is 0 Å². The van der Waals surface area contributed by atoms with Crippen molar-refractivity contribution in [2.24, 2.45) is 5.92 Å². The number of rotatable bonds is 17. The molecule has 1 fully saturated rings. The Morgan fingerprint density at radius 3 is 1.86 bits per heavy atom. The van der Waals surface area contributed by atoms with Crippen molar-refractivity contribution in [1.29, 1.82) is 0 Å². The van der Waals surface area contributed by atoms with Gasteiger partial charge in [-0.05, 0) is 72.7 Å². The molecule has 1 aliphatic heterocycles. The van der Waals surface area contributed by atoms with Gasteiger partial charge in [-0.15, -0.1) is 0 Å². The van der Waals surface area contributed by atoms with E-state index in [1.807, 2.05) is 99.6 Å². The number of hydrogen-bond donors (Lipinski definition) is 4. The van der Waals surface area contributed by atoms with Gasteiger partial charge >= 0.3 is 12.2 Å². The third-order valence-electron chi connectivity index (χ3n) is 9.31. The third kappa shape index (κ3) is 15.3. The van der Waals surface area contributed by atoms with Crippen LogP contribution in [-0.2, 0) is 41.7 Å². The normalized spacial score (nSPS) is 13.6. The molecule has 320 valence electrons. The molecule has 15 nitrogen and oxygen atoms in total. The molecule has 15 heteroatoms. The number of hydrogen-bond acceptors (Lipinski definition) is 9. The smallest absolute Gasteiger partial charge is 0.407 e. The number of nitrogens with zero attached hydrogens (tertiary/aromatic N) is 3. The number of alkyl carbamates (subject to hydrolysis) is 2. The van der Waals surface area contributed by atoms with E-state index >= 15 is 0 Å². The van der Waals surface area contributed by atoms with Gasteiger partial charge in [0.25, 0.3) is 0 Å². The van der Waals surface area contributed by atoms with Crippen molar-refractivity contribution >= 4 is 52.9 Å². The second-order valence-corrected chi connectivity index (χ2v) is 14.5. The maximum atomic E-state index is 13.4. The van der Waals surface area contributed by atoms with Gasteiger partial charge in [0.2, 0.25) is 23.6 Å². The van der Waals surface area contributed by atoms with E-state index in [9.17, 15) is 28.8 Å². The SMILES string of the molecule is CCC.CCCN(CC(=O)Nc1ccc(CN(Cc2ccc(NC(=O)C3CCCN3C(=O)C(NC(=O)OC)C(C)C)cc2)c2ccccc2)cc1)C(=O)CNC(=O)OC. The topological polar surface area (TPSA) is 179 Å². The fourth-order valence-corrected chi connectivity index (χ4v) is 6.38. The number of benzene rings is 3. The molecule has 0 radical (unpaired) electrons. The molecule has 0 spiro atoms. The Morgan fingerprint density at radius 1 is 0.780 bits per heavy atom. The molecule has 0 bridgehead atoms. The molecule has 3 aromatic carbocycles. The number of ether oxygens (including phenoxy) is 2. The monoisotopic (exact) mass is 815 g/mol. The molecule has 1 heterocycles. The lowest BCUT2D eigenvalue weighted by Crippen LogP contribution is -2.54. The molecule has 1 saturated heterocycles. The maximum Gasteiger partial charge on any atom is 0.407 e. The molecule has 2 atom stereocenters. The van der Waals surface area contributed by atoms with Crippen LogP contribution < -0.4 is 26.2 Å². The van der Waals surface area contributed by atoms with Crippen LogP contribution in [0, 0.1) is 5.92 Å². The molecular formula is C44H61N7O8. The first-order chi connectivity index (χ1) is 28.3. The number of likely N-dealkylation sites (tertiary alicyclic amines) is 1. The molecular weight excluding hydrogens is 755 g/mol. The molecule has 0 saturated carbocycles. The van der Waals surface area contributed by atoms with Gasteiger partial charge in [-0.3, -0.25) is 19.2 Å². The standard InChI is InChI=1S/C41H53N7O8.C3H8/c1-6-22-46(36(50)24-42-40(53)55-4)27-35(49)43-31-18-14-29(15-19-31)25-47(33-11-8-7-9-12-33)26-30-16-20-32(21-17-30)44-38(51)34-13-10-23-48(34)39(52)37(28(2)3)45-41(54)56-5;1-3-2/h7-9,11-12,14-21,28,34,37H,6,10,13,22-27H2,1-5H3,(H,42,53)(H,43,49)(H,44,51)(H,45,54);3H2,1-2H3. The average molecular weight is 816 g/mol. The predicted octanol–water partition coefficient (Wildman–Crippen LogP) is 6.15. The molecule has 3 aromatic rings. The maximum absolute atomic E-state index is 13.4. The van der Waals surface area contributed by atoms with Gasteiger partial charge in [0.15, 0.2) is 0 Å². The summed E-state index contributed by atoms with van der Waals surface area (Å²) in [6.45, 7) is 11.3. The fourth-order valence-electron chi connectivity index (χ4n) is 6.38. The highest BCUT2D eigenvalue weighted by Gasteiger charge is 2.38. The Bertz CT molecular complexity index is 1810. The van der Waals surface area contributed by atoms with E-state index in [2.05, 4.69) is 44.8 Å². The average Bonchev–Trinajstić information content (AvgIpc) is 3.73. The quantitative estimate of drug-likeness (QED) is 0.124. The zero-order valence-electron chi connectivity index (χ0n) is 35.4. The van der Waals surface area contributed by atoms with Crippen LogP contribution in [0.3, 0.4) is 0 Å². The summed E-state index contributed by atoms with van der Waals surface area (Å²) in [6, 6.07) is 23.6. The summed E-state index contributed by atoms with van der Waals surface area (Å²) < 4.78 is 9.21. The Balaban J connectivity index is 0.00000300. The number of amides is 6. The summed E-state index contributed by atoms with van der Waals surface area (Å²) in [4.78, 5) is 80.6. The van der Waals surface area contributed by atoms with Gasteiger partial charge < -0.3 is 45.4 Å². The predicted molar refractivity (Wildman–Crippen MR) is 229 cm³/mol. The van der Waals surface area contributed by atoms with E-state index in [4.69, 9.17) is 4.74 Å². The number of anilines is 3. The van der Waals surface area contributed by atoms with Crippen LogP contribution in [-0.4, -0.2) is 98.1 Å². The summed E-state index contributed by atoms with van der Waals surface area (Å²) in [6.07, 6.45) is 1.68. The second kappa shape index (κ2) is 24.6. The molecule has 6 amide bonds. The van der Waals surface area contributed by atoms with Gasteiger partial charge in [-0.1, -0.05) is 83.5 Å². The van der Waals surface area contributed by atoms with E-state index in [0.717, 1.165) is 16.8 Å². The first-order valence-electron chi connectivity index (χ1n) is 20.2. The number of methoxy groups -OCH3 is 2. The Kier molecular flexibility index (Phi) is 19.7. The van der Waals surface area contributed by atoms with Crippen molar-refractivity contribution in [3.63, 3.8) is 0 Å². The highest BCUT2D eigenvalue weighted by molar-refractivity contribution is 5.99. The van der Waals surface area contributed by atoms with Crippen LogP contribution >= 0.6 is 0 Å². The first-order valence-corrected chi connectivity index (χ1v) is 20.2. The number of nitrogens with one attached hydrogen (secondary N) is 4. The van der Waals surface area contributed by atoms with Crippen molar-refractivity contribution in [2.75, 3.05) is 55.9 Å². The lowest BCUT2D eigenvalue weighted by atomic mass is 10.0. The Labute approximate surface area is 348 Å². The highest BCUT2D eigenvalue weighted by atomic mass is 16.5. The summed E-state index contributed by atoms with van der Waals surface area (Å²) in [5.74, 6) is -1.54. The van der Waals surface area contributed by atoms with Crippen LogP contribution in [0.1, 0.15) is 71.4 Å². The zero-order valence-corrected chi connectivity index (χ0v) is 35.4. The van der Waals surface area contributed by atoms with Crippen molar-refractivity contribution in [2.45, 2.75) is 85.5 Å². The number of carbonyl (C=O) groups excluding carboxylic acids is 6. The number of para-hydroxylation sites is 1. The summed E-state index contributed by atoms with van der Waals surface area (Å²) in [5.41, 5.74) is 4.22. The lowest BCUT2D eigenvalue weighted by Gasteiger charge is -2.30. The zero-order chi connectivity index (χ0) is 43.3. The van der Waals surface area contributed by atoms with Crippen molar-refractivity contribution in [3.05, 3.63) is 90.0 Å². The lowest BCUT2D eigenvalue weighted by molar-refractivity contribution is -0.139. The Morgan fingerprint density at radius 2 is 1.34 bits per heavy atom. The minimum absolute atomic E-state index is 0.158. The molecule has 0 aliphatic carbocycles. The van der Waals surface area contributed by atoms with Gasteiger partial charge in [0.05, 0.1) is 20.8 Å². The third-order valence-corrected chi connectivity index (χ3v) is 9.31. The largest absolute Gasteiger partial charge is 0.453 e. The molecule has 0 aromatic heterocycles. The molecule has 4 N–H and O–H groups in total. The van der Waals surface area contributed by atoms with Crippen molar-refractivity contribution < 1.29 is 38.2 Å². The van der Waals surface area contributed by atoms with E-state index in [1.165, 1.54) is 25.5 Å². The van der Waals surface area contributed by atoms with E-state index in [1.54, 1.807) is 4.90 Å². The second-order valence-electron chi connectivity index (χ2n) is 14.5. The van der Waals surface area contributed by atoms with E-state index in [-0.39, 0.29) is 42.6 Å². The minimum Gasteiger partial charge on any atom is -0.453 e. The van der Waals surface area contributed by atoms with Crippen LogP contribution in [0.2, 0.25) is 0 Å². The first kappa shape index (κ1) is 47.3. The van der Waals surface area contributed by atoms with E-state index in [0.29, 0.717) is 56.8 Å². The van der Waals surface area contributed by atoms with Crippen LogP contribution in [0.4, 0.5) is 26.7 Å². The Hall–Kier alpha value is -6.12.